The first kappa shape index (κ1) is 22.4. The molecule has 1 saturated carbocycles. The number of imidazole rings is 1. The number of carbonyl (C=O) groups excluding carboxylic acids is 1. The molecule has 1 amide bonds. The van der Waals surface area contributed by atoms with Gasteiger partial charge in [-0.3, -0.25) is 14.1 Å². The fourth-order valence-corrected chi connectivity index (χ4v) is 6.41. The van der Waals surface area contributed by atoms with Crippen molar-refractivity contribution in [2.24, 2.45) is 0 Å². The molecule has 0 radical (unpaired) electrons. The number of hydrogen-bond acceptors (Lipinski definition) is 6. The summed E-state index contributed by atoms with van der Waals surface area (Å²) in [5.74, 6) is 0.214. The highest BCUT2D eigenvalue weighted by Crippen LogP contribution is 2.48. The quantitative estimate of drug-likeness (QED) is 0.394. The number of anilines is 2. The highest BCUT2D eigenvalue weighted by molar-refractivity contribution is 6.06. The van der Waals surface area contributed by atoms with Gasteiger partial charge in [-0.25, -0.2) is 14.4 Å². The average Bonchev–Trinajstić information content (AvgIpc) is 3.55. The van der Waals surface area contributed by atoms with E-state index in [0.29, 0.717) is 29.3 Å². The lowest BCUT2D eigenvalue weighted by atomic mass is 9.76. The SMILES string of the molecule is CN1Cc2nc(Nc3ccc(-c4cnc5cc(F)ccn45)c4c3C(=O)NC4)ccc2C12CCC(O)CC2. The number of hydrogen-bond donors (Lipinski definition) is 3. The van der Waals surface area contributed by atoms with Crippen molar-refractivity contribution in [2.75, 3.05) is 12.4 Å². The topological polar surface area (TPSA) is 94.8 Å². The molecule has 188 valence electrons. The molecule has 7 rings (SSSR count). The maximum absolute atomic E-state index is 13.7. The molecule has 8 nitrogen and oxygen atoms in total. The van der Waals surface area contributed by atoms with Crippen LogP contribution in [0.2, 0.25) is 0 Å². The molecule has 0 atom stereocenters. The Labute approximate surface area is 213 Å². The predicted molar refractivity (Wildman–Crippen MR) is 137 cm³/mol. The maximum atomic E-state index is 13.7. The molecule has 1 fully saturated rings. The number of halogens is 1. The monoisotopic (exact) mass is 498 g/mol. The third-order valence-corrected chi connectivity index (χ3v) is 8.36. The van der Waals surface area contributed by atoms with Gasteiger partial charge in [-0.1, -0.05) is 12.1 Å². The Hall–Kier alpha value is -3.82. The minimum absolute atomic E-state index is 0.0557. The molecule has 3 aromatic heterocycles. The van der Waals surface area contributed by atoms with Crippen LogP contribution in [0.4, 0.5) is 15.9 Å². The summed E-state index contributed by atoms with van der Waals surface area (Å²) in [6, 6.07) is 10.8. The van der Waals surface area contributed by atoms with Crippen LogP contribution >= 0.6 is 0 Å². The summed E-state index contributed by atoms with van der Waals surface area (Å²) in [4.78, 5) is 24.5. The molecule has 2 aliphatic heterocycles. The number of rotatable bonds is 3. The third kappa shape index (κ3) is 3.38. The van der Waals surface area contributed by atoms with Gasteiger partial charge in [0.2, 0.25) is 0 Å². The van der Waals surface area contributed by atoms with Gasteiger partial charge in [-0.05, 0) is 62.1 Å². The van der Waals surface area contributed by atoms with E-state index in [-0.39, 0.29) is 23.4 Å². The van der Waals surface area contributed by atoms with Gasteiger partial charge in [0.1, 0.15) is 17.3 Å². The van der Waals surface area contributed by atoms with E-state index in [1.165, 1.54) is 17.7 Å². The van der Waals surface area contributed by atoms with Crippen LogP contribution in [0.3, 0.4) is 0 Å². The number of aromatic nitrogens is 3. The second kappa shape index (κ2) is 8.09. The standard InChI is InChI=1S/C28H27FN6O2/c1-34-15-22-20(28(34)9-6-17(36)7-10-28)3-5-24(33-22)32-21-4-2-18(19-13-31-27(37)26(19)21)23-14-30-25-12-16(29)8-11-35(23)25/h2-5,8,11-12,14,17,36H,6-7,9-10,13,15H2,1H3,(H,31,37)(H,32,33). The zero-order chi connectivity index (χ0) is 25.3. The fraction of sp³-hybridized carbons (Fsp3) is 0.321. The van der Waals surface area contributed by atoms with E-state index in [2.05, 4.69) is 33.6 Å². The molecule has 0 bridgehead atoms. The highest BCUT2D eigenvalue weighted by atomic mass is 19.1. The Bertz CT molecular complexity index is 1570. The predicted octanol–water partition coefficient (Wildman–Crippen LogP) is 4.10. The molecule has 9 heteroatoms. The van der Waals surface area contributed by atoms with E-state index in [1.807, 2.05) is 22.6 Å². The van der Waals surface area contributed by atoms with Crippen molar-refractivity contribution in [1.29, 1.82) is 0 Å². The number of nitrogens with one attached hydrogen (secondary N) is 2. The number of carbonyl (C=O) groups is 1. The minimum atomic E-state index is -0.341. The van der Waals surface area contributed by atoms with Gasteiger partial charge in [0, 0.05) is 36.5 Å². The third-order valence-electron chi connectivity index (χ3n) is 8.36. The highest BCUT2D eigenvalue weighted by Gasteiger charge is 2.46. The second-order valence-corrected chi connectivity index (χ2v) is 10.3. The number of fused-ring (bicyclic) bond motifs is 4. The van der Waals surface area contributed by atoms with Crippen LogP contribution in [-0.2, 0) is 18.6 Å². The first-order chi connectivity index (χ1) is 17.9. The molecule has 1 spiro atoms. The number of benzene rings is 1. The molecule has 1 aliphatic carbocycles. The molecular formula is C28H27FN6O2. The van der Waals surface area contributed by atoms with Crippen LogP contribution in [0.1, 0.15) is 52.9 Å². The van der Waals surface area contributed by atoms with Crippen LogP contribution in [-0.4, -0.2) is 43.4 Å². The molecule has 3 N–H and O–H groups in total. The lowest BCUT2D eigenvalue weighted by Crippen LogP contribution is -2.42. The molecule has 5 heterocycles. The Balaban J connectivity index is 1.24. The van der Waals surface area contributed by atoms with Crippen molar-refractivity contribution in [1.82, 2.24) is 24.6 Å². The molecular weight excluding hydrogens is 471 g/mol. The zero-order valence-electron chi connectivity index (χ0n) is 20.5. The number of nitrogens with zero attached hydrogens (tertiary/aromatic N) is 4. The van der Waals surface area contributed by atoms with Crippen LogP contribution in [0.15, 0.2) is 48.8 Å². The molecule has 3 aliphatic rings. The summed E-state index contributed by atoms with van der Waals surface area (Å²) in [6.07, 6.45) is 6.61. The molecule has 37 heavy (non-hydrogen) atoms. The lowest BCUT2D eigenvalue weighted by molar-refractivity contribution is 0.0269. The second-order valence-electron chi connectivity index (χ2n) is 10.3. The maximum Gasteiger partial charge on any atom is 0.254 e. The van der Waals surface area contributed by atoms with E-state index in [4.69, 9.17) is 4.98 Å². The van der Waals surface area contributed by atoms with Gasteiger partial charge in [0.05, 0.1) is 34.9 Å². The van der Waals surface area contributed by atoms with Gasteiger partial charge in [0.25, 0.3) is 5.91 Å². The van der Waals surface area contributed by atoms with Gasteiger partial charge in [-0.2, -0.15) is 0 Å². The smallest absolute Gasteiger partial charge is 0.254 e. The summed E-state index contributed by atoms with van der Waals surface area (Å²) >= 11 is 0. The van der Waals surface area contributed by atoms with Crippen molar-refractivity contribution >= 4 is 23.1 Å². The first-order valence-corrected chi connectivity index (χ1v) is 12.7. The van der Waals surface area contributed by atoms with Crippen LogP contribution < -0.4 is 10.6 Å². The van der Waals surface area contributed by atoms with Crippen LogP contribution in [0.5, 0.6) is 0 Å². The van der Waals surface area contributed by atoms with E-state index >= 15 is 0 Å². The van der Waals surface area contributed by atoms with E-state index in [0.717, 1.165) is 54.7 Å². The number of pyridine rings is 2. The van der Waals surface area contributed by atoms with Gasteiger partial charge < -0.3 is 15.7 Å². The van der Waals surface area contributed by atoms with Gasteiger partial charge in [-0.15, -0.1) is 0 Å². The van der Waals surface area contributed by atoms with E-state index < -0.39 is 0 Å². The lowest BCUT2D eigenvalue weighted by Gasteiger charge is -2.41. The average molecular weight is 499 g/mol. The summed E-state index contributed by atoms with van der Waals surface area (Å²) in [7, 11) is 2.14. The van der Waals surface area contributed by atoms with Crippen molar-refractivity contribution in [3.63, 3.8) is 0 Å². The first-order valence-electron chi connectivity index (χ1n) is 12.7. The van der Waals surface area contributed by atoms with Crippen LogP contribution in [0, 0.1) is 5.82 Å². The Morgan fingerprint density at radius 1 is 1.19 bits per heavy atom. The van der Waals surface area contributed by atoms with Crippen molar-refractivity contribution in [3.8, 4) is 11.3 Å². The van der Waals surface area contributed by atoms with Crippen molar-refractivity contribution in [2.45, 2.75) is 50.4 Å². The molecule has 4 aromatic rings. The summed E-state index contributed by atoms with van der Waals surface area (Å²) in [5, 5.41) is 16.4. The van der Waals surface area contributed by atoms with Gasteiger partial charge in [0.15, 0.2) is 0 Å². The number of aliphatic hydroxyl groups is 1. The van der Waals surface area contributed by atoms with Gasteiger partial charge >= 0.3 is 0 Å². The Kier molecular flexibility index (Phi) is 4.90. The molecule has 1 aromatic carbocycles. The largest absolute Gasteiger partial charge is 0.393 e. The number of amides is 1. The summed E-state index contributed by atoms with van der Waals surface area (Å²) in [6.45, 7) is 1.16. The van der Waals surface area contributed by atoms with E-state index in [1.54, 1.807) is 12.4 Å². The van der Waals surface area contributed by atoms with Crippen LogP contribution in [0.25, 0.3) is 16.9 Å². The summed E-state index contributed by atoms with van der Waals surface area (Å²) in [5.41, 5.74) is 6.59. The Morgan fingerprint density at radius 2 is 2.03 bits per heavy atom. The van der Waals surface area contributed by atoms with E-state index in [9.17, 15) is 14.3 Å². The molecule has 0 saturated heterocycles. The fourth-order valence-electron chi connectivity index (χ4n) is 6.41. The van der Waals surface area contributed by atoms with Crippen molar-refractivity contribution in [3.05, 3.63) is 77.0 Å². The molecule has 0 unspecified atom stereocenters. The zero-order valence-corrected chi connectivity index (χ0v) is 20.5. The summed E-state index contributed by atoms with van der Waals surface area (Å²) < 4.78 is 15.5. The number of aliphatic hydroxyl groups excluding tert-OH is 1. The minimum Gasteiger partial charge on any atom is -0.393 e. The normalized spacial score (nSPS) is 22.9. The van der Waals surface area contributed by atoms with Crippen molar-refractivity contribution < 1.29 is 14.3 Å². The Morgan fingerprint density at radius 3 is 2.86 bits per heavy atom.